The van der Waals surface area contributed by atoms with E-state index in [9.17, 15) is 5.11 Å². The fraction of sp³-hybridized carbons (Fsp3) is 0.571. The molecule has 3 heteroatoms. The van der Waals surface area contributed by atoms with Crippen molar-refractivity contribution in [1.82, 2.24) is 5.32 Å². The zero-order chi connectivity index (χ0) is 12.1. The van der Waals surface area contributed by atoms with E-state index in [1.165, 1.54) is 16.9 Å². The van der Waals surface area contributed by atoms with Crippen LogP contribution < -0.4 is 5.32 Å². The number of rotatable bonds is 6. The average molecular weight is 251 g/mol. The van der Waals surface area contributed by atoms with Crippen molar-refractivity contribution in [3.63, 3.8) is 0 Å². The van der Waals surface area contributed by atoms with Gasteiger partial charge in [-0.1, -0.05) is 24.3 Å². The molecule has 1 unspecified atom stereocenters. The molecular formula is C14H21NOS. The Morgan fingerprint density at radius 2 is 2.24 bits per heavy atom. The number of aliphatic hydroxyl groups excluding tert-OH is 1. The van der Waals surface area contributed by atoms with Crippen LogP contribution in [0.15, 0.2) is 24.3 Å². The van der Waals surface area contributed by atoms with E-state index in [2.05, 4.69) is 35.8 Å². The Morgan fingerprint density at radius 3 is 3.00 bits per heavy atom. The molecule has 0 saturated heterocycles. The van der Waals surface area contributed by atoms with Crippen molar-refractivity contribution in [2.24, 2.45) is 0 Å². The predicted octanol–water partition coefficient (Wildman–Crippen LogP) is 2.16. The Labute approximate surface area is 108 Å². The summed E-state index contributed by atoms with van der Waals surface area (Å²) < 4.78 is 0. The maximum Gasteiger partial charge on any atom is 0.0674 e. The first-order valence-electron chi connectivity index (χ1n) is 6.25. The van der Waals surface area contributed by atoms with Crippen molar-refractivity contribution < 1.29 is 5.11 Å². The quantitative estimate of drug-likeness (QED) is 0.760. The van der Waals surface area contributed by atoms with Crippen LogP contribution in [-0.2, 0) is 12.0 Å². The van der Waals surface area contributed by atoms with Crippen LogP contribution in [0.25, 0.3) is 0 Å². The van der Waals surface area contributed by atoms with Gasteiger partial charge < -0.3 is 10.4 Å². The van der Waals surface area contributed by atoms with Gasteiger partial charge in [0, 0.05) is 0 Å². The summed E-state index contributed by atoms with van der Waals surface area (Å²) in [5.41, 5.74) is 2.50. The first-order chi connectivity index (χ1) is 8.32. The van der Waals surface area contributed by atoms with Crippen LogP contribution in [0, 0.1) is 0 Å². The summed E-state index contributed by atoms with van der Waals surface area (Å²) in [6.07, 6.45) is 5.38. The second-order valence-corrected chi connectivity index (χ2v) is 5.66. The van der Waals surface area contributed by atoms with Gasteiger partial charge in [-0.05, 0) is 48.9 Å². The SMILES string of the molecule is CSCCCNC1(CO)CCc2ccccc21. The first kappa shape index (κ1) is 12.9. The number of hydrogen-bond acceptors (Lipinski definition) is 3. The van der Waals surface area contributed by atoms with Crippen LogP contribution in [0.1, 0.15) is 24.0 Å². The minimum atomic E-state index is -0.186. The Hall–Kier alpha value is -0.510. The lowest BCUT2D eigenvalue weighted by Gasteiger charge is -2.30. The molecule has 1 aliphatic rings. The molecule has 1 aliphatic carbocycles. The second kappa shape index (κ2) is 5.89. The van der Waals surface area contributed by atoms with Crippen LogP contribution in [0.3, 0.4) is 0 Å². The molecule has 17 heavy (non-hydrogen) atoms. The van der Waals surface area contributed by atoms with Gasteiger partial charge >= 0.3 is 0 Å². The minimum Gasteiger partial charge on any atom is -0.394 e. The number of fused-ring (bicyclic) bond motifs is 1. The van der Waals surface area contributed by atoms with Gasteiger partial charge in [0.1, 0.15) is 0 Å². The topological polar surface area (TPSA) is 32.3 Å². The Balaban J connectivity index is 2.06. The van der Waals surface area contributed by atoms with E-state index in [4.69, 9.17) is 0 Å². The molecule has 1 aromatic carbocycles. The van der Waals surface area contributed by atoms with Gasteiger partial charge in [-0.25, -0.2) is 0 Å². The fourth-order valence-corrected chi connectivity index (χ4v) is 3.07. The lowest BCUT2D eigenvalue weighted by atomic mass is 9.92. The Morgan fingerprint density at radius 1 is 1.41 bits per heavy atom. The summed E-state index contributed by atoms with van der Waals surface area (Å²) in [6.45, 7) is 1.18. The molecule has 0 heterocycles. The molecule has 2 rings (SSSR count). The highest BCUT2D eigenvalue weighted by molar-refractivity contribution is 7.98. The van der Waals surface area contributed by atoms with E-state index in [0.717, 1.165) is 25.8 Å². The molecule has 0 radical (unpaired) electrons. The molecule has 0 bridgehead atoms. The third-order valence-electron chi connectivity index (χ3n) is 3.61. The smallest absolute Gasteiger partial charge is 0.0674 e. The van der Waals surface area contributed by atoms with Crippen molar-refractivity contribution in [1.29, 1.82) is 0 Å². The molecule has 1 aromatic rings. The van der Waals surface area contributed by atoms with E-state index >= 15 is 0 Å². The van der Waals surface area contributed by atoms with Gasteiger partial charge in [-0.15, -0.1) is 0 Å². The van der Waals surface area contributed by atoms with Crippen molar-refractivity contribution in [2.75, 3.05) is 25.2 Å². The zero-order valence-corrected chi connectivity index (χ0v) is 11.2. The first-order valence-corrected chi connectivity index (χ1v) is 7.65. The molecule has 2 nitrogen and oxygen atoms in total. The molecule has 0 saturated carbocycles. The lowest BCUT2D eigenvalue weighted by Crippen LogP contribution is -2.44. The van der Waals surface area contributed by atoms with E-state index in [1.54, 1.807) is 0 Å². The largest absolute Gasteiger partial charge is 0.394 e. The molecule has 0 aliphatic heterocycles. The number of thioether (sulfide) groups is 1. The summed E-state index contributed by atoms with van der Waals surface area (Å²) in [7, 11) is 0. The normalized spacial score (nSPS) is 22.7. The Bertz CT molecular complexity index is 369. The van der Waals surface area contributed by atoms with Crippen LogP contribution in [0.2, 0.25) is 0 Å². The summed E-state index contributed by atoms with van der Waals surface area (Å²) in [6, 6.07) is 8.48. The molecule has 0 amide bonds. The van der Waals surface area contributed by atoms with Gasteiger partial charge in [-0.2, -0.15) is 11.8 Å². The molecule has 0 spiro atoms. The monoisotopic (exact) mass is 251 g/mol. The summed E-state index contributed by atoms with van der Waals surface area (Å²) in [5.74, 6) is 1.18. The number of aliphatic hydroxyl groups is 1. The van der Waals surface area contributed by atoms with Crippen LogP contribution in [0.5, 0.6) is 0 Å². The van der Waals surface area contributed by atoms with Gasteiger partial charge in [0.2, 0.25) is 0 Å². The number of nitrogens with one attached hydrogen (secondary N) is 1. The average Bonchev–Trinajstić information content (AvgIpc) is 2.75. The highest BCUT2D eigenvalue weighted by Crippen LogP contribution is 2.36. The van der Waals surface area contributed by atoms with Crippen LogP contribution in [0.4, 0.5) is 0 Å². The molecular weight excluding hydrogens is 230 g/mol. The predicted molar refractivity (Wildman–Crippen MR) is 74.5 cm³/mol. The van der Waals surface area contributed by atoms with Crippen molar-refractivity contribution in [2.45, 2.75) is 24.8 Å². The molecule has 2 N–H and O–H groups in total. The highest BCUT2D eigenvalue weighted by Gasteiger charge is 2.37. The maximum absolute atomic E-state index is 9.75. The van der Waals surface area contributed by atoms with Gasteiger partial charge in [-0.3, -0.25) is 0 Å². The third kappa shape index (κ3) is 2.67. The fourth-order valence-electron chi connectivity index (χ4n) is 2.64. The van der Waals surface area contributed by atoms with Gasteiger partial charge in [0.25, 0.3) is 0 Å². The number of hydrogen-bond donors (Lipinski definition) is 2. The molecule has 1 atom stereocenters. The standard InChI is InChI=1S/C14H21NOS/c1-17-10-4-9-15-14(11-16)8-7-12-5-2-3-6-13(12)14/h2-3,5-6,15-16H,4,7-11H2,1H3. The summed E-state index contributed by atoms with van der Waals surface area (Å²) in [5, 5.41) is 13.3. The molecule has 0 aromatic heterocycles. The van der Waals surface area contributed by atoms with E-state index in [0.29, 0.717) is 0 Å². The number of benzene rings is 1. The third-order valence-corrected chi connectivity index (χ3v) is 4.31. The van der Waals surface area contributed by atoms with E-state index in [1.807, 2.05) is 11.8 Å². The van der Waals surface area contributed by atoms with Crippen molar-refractivity contribution in [3.8, 4) is 0 Å². The van der Waals surface area contributed by atoms with Gasteiger partial charge in [0.05, 0.1) is 12.1 Å². The van der Waals surface area contributed by atoms with Crippen LogP contribution in [-0.4, -0.2) is 30.3 Å². The highest BCUT2D eigenvalue weighted by atomic mass is 32.2. The van der Waals surface area contributed by atoms with Crippen molar-refractivity contribution >= 4 is 11.8 Å². The molecule has 0 fully saturated rings. The van der Waals surface area contributed by atoms with E-state index < -0.39 is 0 Å². The summed E-state index contributed by atoms with van der Waals surface area (Å²) >= 11 is 1.87. The Kier molecular flexibility index (Phi) is 4.48. The lowest BCUT2D eigenvalue weighted by molar-refractivity contribution is 0.161. The molecule has 94 valence electrons. The maximum atomic E-state index is 9.75. The minimum absolute atomic E-state index is 0.186. The number of aryl methyl sites for hydroxylation is 1. The summed E-state index contributed by atoms with van der Waals surface area (Å²) in [4.78, 5) is 0. The van der Waals surface area contributed by atoms with Crippen LogP contribution >= 0.6 is 11.8 Å². The van der Waals surface area contributed by atoms with E-state index in [-0.39, 0.29) is 12.1 Å². The van der Waals surface area contributed by atoms with Crippen molar-refractivity contribution in [3.05, 3.63) is 35.4 Å². The van der Waals surface area contributed by atoms with Gasteiger partial charge in [0.15, 0.2) is 0 Å². The zero-order valence-electron chi connectivity index (χ0n) is 10.4. The second-order valence-electron chi connectivity index (χ2n) is 4.67.